The van der Waals surface area contributed by atoms with Gasteiger partial charge in [0.15, 0.2) is 0 Å². The zero-order valence-corrected chi connectivity index (χ0v) is 11.7. The van der Waals surface area contributed by atoms with Gasteiger partial charge in [-0.15, -0.1) is 0 Å². The Morgan fingerprint density at radius 3 is 3.05 bits per heavy atom. The van der Waals surface area contributed by atoms with Crippen molar-refractivity contribution < 1.29 is 9.53 Å². The van der Waals surface area contributed by atoms with Crippen LogP contribution < -0.4 is 10.9 Å². The summed E-state index contributed by atoms with van der Waals surface area (Å²) in [4.78, 5) is 26.7. The van der Waals surface area contributed by atoms with E-state index >= 15 is 0 Å². The lowest BCUT2D eigenvalue weighted by Gasteiger charge is -2.10. The molecule has 21 heavy (non-hydrogen) atoms. The third-order valence-corrected chi connectivity index (χ3v) is 3.77. The topological polar surface area (TPSA) is 71.2 Å². The van der Waals surface area contributed by atoms with Gasteiger partial charge in [0.2, 0.25) is 0 Å². The summed E-state index contributed by atoms with van der Waals surface area (Å²) in [6.45, 7) is 1.37. The molecule has 0 spiro atoms. The highest BCUT2D eigenvalue weighted by Crippen LogP contribution is 2.14. The molecule has 1 amide bonds. The van der Waals surface area contributed by atoms with Gasteiger partial charge in [0.25, 0.3) is 11.5 Å². The van der Waals surface area contributed by atoms with Crippen LogP contribution in [0.4, 0.5) is 0 Å². The number of amides is 1. The zero-order chi connectivity index (χ0) is 14.7. The molecule has 5 heteroatoms. The Labute approximate surface area is 122 Å². The highest BCUT2D eigenvalue weighted by atomic mass is 16.5. The summed E-state index contributed by atoms with van der Waals surface area (Å²) in [5, 5.41) is 4.19. The van der Waals surface area contributed by atoms with E-state index in [2.05, 4.69) is 10.3 Å². The predicted octanol–water partition coefficient (Wildman–Crippen LogP) is 1.83. The number of pyridine rings is 1. The molecule has 2 heterocycles. The molecule has 0 bridgehead atoms. The van der Waals surface area contributed by atoms with Gasteiger partial charge in [-0.3, -0.25) is 9.59 Å². The first-order chi connectivity index (χ1) is 10.2. The van der Waals surface area contributed by atoms with Crippen LogP contribution in [0.3, 0.4) is 0 Å². The maximum atomic E-state index is 12.1. The van der Waals surface area contributed by atoms with E-state index < -0.39 is 0 Å². The van der Waals surface area contributed by atoms with Crippen molar-refractivity contribution in [1.82, 2.24) is 10.3 Å². The van der Waals surface area contributed by atoms with Crippen molar-refractivity contribution in [2.75, 3.05) is 13.2 Å². The number of aromatic amines is 1. The van der Waals surface area contributed by atoms with Crippen molar-refractivity contribution in [3.63, 3.8) is 0 Å². The van der Waals surface area contributed by atoms with Crippen molar-refractivity contribution in [3.8, 4) is 0 Å². The van der Waals surface area contributed by atoms with Crippen LogP contribution in [0.2, 0.25) is 0 Å². The van der Waals surface area contributed by atoms with Crippen molar-refractivity contribution in [1.29, 1.82) is 0 Å². The van der Waals surface area contributed by atoms with Crippen LogP contribution in [-0.4, -0.2) is 30.1 Å². The molecule has 3 rings (SSSR count). The Kier molecular flexibility index (Phi) is 4.01. The monoisotopic (exact) mass is 286 g/mol. The Hall–Kier alpha value is -2.14. The molecule has 0 saturated carbocycles. The summed E-state index contributed by atoms with van der Waals surface area (Å²) < 4.78 is 5.51. The third kappa shape index (κ3) is 3.13. The highest BCUT2D eigenvalue weighted by molar-refractivity contribution is 5.96. The number of carbonyl (C=O) groups is 1. The van der Waals surface area contributed by atoms with E-state index in [4.69, 9.17) is 4.74 Å². The van der Waals surface area contributed by atoms with Gasteiger partial charge in [-0.2, -0.15) is 0 Å². The minimum atomic E-state index is -0.254. The molecule has 1 fully saturated rings. The second-order valence-electron chi connectivity index (χ2n) is 5.28. The summed E-state index contributed by atoms with van der Waals surface area (Å²) in [6.07, 6.45) is 3.21. The number of H-pyrrole nitrogens is 1. The molecule has 1 aromatic carbocycles. The van der Waals surface area contributed by atoms with Crippen LogP contribution >= 0.6 is 0 Å². The standard InChI is InChI=1S/C16H18N2O3/c19-15-13-6-2-1-4-11(13)10-14(18-15)16(20)17-8-7-12-5-3-9-21-12/h1-2,4,6,10,12H,3,5,7-9H2,(H,17,20)(H,18,19). The van der Waals surface area contributed by atoms with Crippen molar-refractivity contribution in [3.05, 3.63) is 46.4 Å². The van der Waals surface area contributed by atoms with Crippen LogP contribution in [-0.2, 0) is 4.74 Å². The lowest BCUT2D eigenvalue weighted by atomic mass is 10.1. The van der Waals surface area contributed by atoms with E-state index in [0.29, 0.717) is 17.6 Å². The van der Waals surface area contributed by atoms with Crippen LogP contribution in [0, 0.1) is 0 Å². The molecule has 2 aromatic rings. The second kappa shape index (κ2) is 6.10. The van der Waals surface area contributed by atoms with Crippen LogP contribution in [0.1, 0.15) is 29.8 Å². The molecule has 110 valence electrons. The smallest absolute Gasteiger partial charge is 0.267 e. The molecule has 1 aromatic heterocycles. The Balaban J connectivity index is 1.68. The van der Waals surface area contributed by atoms with E-state index in [0.717, 1.165) is 31.3 Å². The van der Waals surface area contributed by atoms with Crippen molar-refractivity contribution >= 4 is 16.7 Å². The summed E-state index contributed by atoms with van der Waals surface area (Å²) in [6, 6.07) is 8.93. The molecule has 1 atom stereocenters. The molecular weight excluding hydrogens is 268 g/mol. The van der Waals surface area contributed by atoms with Gasteiger partial charge in [0.05, 0.1) is 6.10 Å². The summed E-state index contributed by atoms with van der Waals surface area (Å²) in [7, 11) is 0. The highest BCUT2D eigenvalue weighted by Gasteiger charge is 2.15. The zero-order valence-electron chi connectivity index (χ0n) is 11.7. The number of rotatable bonds is 4. The van der Waals surface area contributed by atoms with E-state index in [-0.39, 0.29) is 17.6 Å². The lowest BCUT2D eigenvalue weighted by Crippen LogP contribution is -2.29. The molecule has 5 nitrogen and oxygen atoms in total. The maximum Gasteiger partial charge on any atom is 0.267 e. The van der Waals surface area contributed by atoms with E-state index in [1.807, 2.05) is 12.1 Å². The minimum Gasteiger partial charge on any atom is -0.378 e. The fourth-order valence-corrected chi connectivity index (χ4v) is 2.65. The number of nitrogens with one attached hydrogen (secondary N) is 2. The molecule has 1 aliphatic rings. The molecular formula is C16H18N2O3. The van der Waals surface area contributed by atoms with Crippen molar-refractivity contribution in [2.45, 2.75) is 25.4 Å². The Morgan fingerprint density at radius 1 is 1.38 bits per heavy atom. The van der Waals surface area contributed by atoms with E-state index in [1.165, 1.54) is 0 Å². The molecule has 2 N–H and O–H groups in total. The average molecular weight is 286 g/mol. The number of hydrogen-bond donors (Lipinski definition) is 2. The lowest BCUT2D eigenvalue weighted by molar-refractivity contribution is 0.0903. The molecule has 1 aliphatic heterocycles. The van der Waals surface area contributed by atoms with Gasteiger partial charge >= 0.3 is 0 Å². The number of carbonyl (C=O) groups excluding carboxylic acids is 1. The van der Waals surface area contributed by atoms with Gasteiger partial charge in [0, 0.05) is 18.5 Å². The number of hydrogen-bond acceptors (Lipinski definition) is 3. The Morgan fingerprint density at radius 2 is 2.24 bits per heavy atom. The SMILES string of the molecule is O=C(NCCC1CCCO1)c1cc2ccccc2c(=O)[nH]1. The van der Waals surface area contributed by atoms with Crippen LogP contribution in [0.15, 0.2) is 35.1 Å². The van der Waals surface area contributed by atoms with E-state index in [9.17, 15) is 9.59 Å². The van der Waals surface area contributed by atoms with Gasteiger partial charge in [-0.05, 0) is 36.8 Å². The van der Waals surface area contributed by atoms with Gasteiger partial charge in [-0.25, -0.2) is 0 Å². The number of aromatic nitrogens is 1. The molecule has 1 saturated heterocycles. The third-order valence-electron chi connectivity index (χ3n) is 3.77. The van der Waals surface area contributed by atoms with Gasteiger partial charge in [-0.1, -0.05) is 18.2 Å². The second-order valence-corrected chi connectivity index (χ2v) is 5.28. The summed E-state index contributed by atoms with van der Waals surface area (Å²) in [5.41, 5.74) is 0.0587. The van der Waals surface area contributed by atoms with Crippen LogP contribution in [0.5, 0.6) is 0 Å². The maximum absolute atomic E-state index is 12.1. The number of fused-ring (bicyclic) bond motifs is 1. The van der Waals surface area contributed by atoms with E-state index in [1.54, 1.807) is 18.2 Å². The summed E-state index contributed by atoms with van der Waals surface area (Å²) in [5.74, 6) is -0.254. The fourth-order valence-electron chi connectivity index (χ4n) is 2.65. The first-order valence-electron chi connectivity index (χ1n) is 7.26. The first-order valence-corrected chi connectivity index (χ1v) is 7.26. The fraction of sp³-hybridized carbons (Fsp3) is 0.375. The predicted molar refractivity (Wildman–Crippen MR) is 80.5 cm³/mol. The van der Waals surface area contributed by atoms with Crippen molar-refractivity contribution in [2.24, 2.45) is 0 Å². The van der Waals surface area contributed by atoms with Crippen LogP contribution in [0.25, 0.3) is 10.8 Å². The summed E-state index contributed by atoms with van der Waals surface area (Å²) >= 11 is 0. The quantitative estimate of drug-likeness (QED) is 0.900. The van der Waals surface area contributed by atoms with Gasteiger partial charge in [0.1, 0.15) is 5.69 Å². The molecule has 0 aliphatic carbocycles. The first kappa shape index (κ1) is 13.8. The molecule has 0 radical (unpaired) electrons. The average Bonchev–Trinajstić information content (AvgIpc) is 3.00. The normalized spacial score (nSPS) is 18.0. The number of benzene rings is 1. The molecule has 1 unspecified atom stereocenters. The van der Waals surface area contributed by atoms with Gasteiger partial charge < -0.3 is 15.0 Å². The minimum absolute atomic E-state index is 0.239. The largest absolute Gasteiger partial charge is 0.378 e. The number of ether oxygens (including phenoxy) is 1. The Bertz CT molecular complexity index is 702.